The van der Waals surface area contributed by atoms with Crippen LogP contribution in [0.4, 0.5) is 5.69 Å². The van der Waals surface area contributed by atoms with Crippen LogP contribution in [0.25, 0.3) is 0 Å². The zero-order valence-electron chi connectivity index (χ0n) is 13.9. The molecule has 0 unspecified atom stereocenters. The van der Waals surface area contributed by atoms with Gasteiger partial charge in [-0.05, 0) is 49.1 Å². The van der Waals surface area contributed by atoms with Gasteiger partial charge in [0.05, 0.1) is 6.54 Å². The van der Waals surface area contributed by atoms with Gasteiger partial charge in [0.2, 0.25) is 0 Å². The van der Waals surface area contributed by atoms with Gasteiger partial charge in [0, 0.05) is 11.4 Å². The van der Waals surface area contributed by atoms with E-state index >= 15 is 0 Å². The van der Waals surface area contributed by atoms with Crippen molar-refractivity contribution in [1.82, 2.24) is 5.43 Å². The van der Waals surface area contributed by atoms with E-state index in [1.54, 1.807) is 0 Å². The predicted octanol–water partition coefficient (Wildman–Crippen LogP) is 3.81. The van der Waals surface area contributed by atoms with Crippen molar-refractivity contribution in [3.63, 3.8) is 0 Å². The number of amides is 1. The van der Waals surface area contributed by atoms with Crippen LogP contribution in [0, 0.1) is 11.3 Å². The Morgan fingerprint density at radius 3 is 2.41 bits per heavy atom. The van der Waals surface area contributed by atoms with Gasteiger partial charge in [-0.3, -0.25) is 4.79 Å². The highest BCUT2D eigenvalue weighted by atomic mass is 16.2. The molecule has 2 rings (SSSR count). The van der Waals surface area contributed by atoms with Gasteiger partial charge in [0.25, 0.3) is 5.91 Å². The Balaban J connectivity index is 1.72. The van der Waals surface area contributed by atoms with Crippen molar-refractivity contribution in [2.24, 2.45) is 16.4 Å². The Kier molecular flexibility index (Phi) is 5.58. The van der Waals surface area contributed by atoms with Crippen LogP contribution >= 0.6 is 0 Å². The van der Waals surface area contributed by atoms with Crippen molar-refractivity contribution in [3.8, 4) is 0 Å². The first kappa shape index (κ1) is 16.5. The van der Waals surface area contributed by atoms with E-state index in [1.807, 2.05) is 30.3 Å². The van der Waals surface area contributed by atoms with Crippen molar-refractivity contribution in [1.29, 1.82) is 0 Å². The minimum atomic E-state index is -0.103. The van der Waals surface area contributed by atoms with Crippen LogP contribution in [0.5, 0.6) is 0 Å². The van der Waals surface area contributed by atoms with Crippen molar-refractivity contribution in [2.75, 3.05) is 11.9 Å². The second kappa shape index (κ2) is 7.43. The third kappa shape index (κ3) is 5.17. The zero-order chi connectivity index (χ0) is 16.0. The SMILES string of the molecule is CC(C)(C)C1CCC(=NNC(=O)CNc2ccccc2)CC1. The standard InChI is InChI=1S/C18H27N3O/c1-18(2,3)14-9-11-16(12-10-14)20-21-17(22)13-19-15-7-5-4-6-8-15/h4-8,14,19H,9-13H2,1-3H3,(H,21,22). The van der Waals surface area contributed by atoms with Crippen molar-refractivity contribution in [2.45, 2.75) is 46.5 Å². The molecule has 4 nitrogen and oxygen atoms in total. The fourth-order valence-electron chi connectivity index (χ4n) is 2.85. The Hall–Kier alpha value is -1.84. The molecule has 1 saturated carbocycles. The van der Waals surface area contributed by atoms with E-state index in [-0.39, 0.29) is 12.5 Å². The fraction of sp³-hybridized carbons (Fsp3) is 0.556. The summed E-state index contributed by atoms with van der Waals surface area (Å²) in [7, 11) is 0. The normalized spacial score (nSPS) is 18.7. The molecule has 120 valence electrons. The lowest BCUT2D eigenvalue weighted by Crippen LogP contribution is -2.29. The minimum absolute atomic E-state index is 0.103. The van der Waals surface area contributed by atoms with Crippen LogP contribution in [-0.4, -0.2) is 18.2 Å². The van der Waals surface area contributed by atoms with Gasteiger partial charge in [-0.25, -0.2) is 5.43 Å². The number of hydrogen-bond donors (Lipinski definition) is 2. The average molecular weight is 301 g/mol. The van der Waals surface area contributed by atoms with Gasteiger partial charge in [-0.1, -0.05) is 39.0 Å². The molecule has 1 aromatic carbocycles. The smallest absolute Gasteiger partial charge is 0.259 e. The molecule has 0 spiro atoms. The molecule has 0 bridgehead atoms. The number of para-hydroxylation sites is 1. The van der Waals surface area contributed by atoms with Crippen LogP contribution < -0.4 is 10.7 Å². The quantitative estimate of drug-likeness (QED) is 0.831. The highest BCUT2D eigenvalue weighted by molar-refractivity contribution is 5.87. The van der Waals surface area contributed by atoms with Crippen molar-refractivity contribution < 1.29 is 4.79 Å². The molecule has 4 heteroatoms. The summed E-state index contributed by atoms with van der Waals surface area (Å²) in [5.41, 5.74) is 5.09. The van der Waals surface area contributed by atoms with Gasteiger partial charge in [-0.15, -0.1) is 0 Å². The summed E-state index contributed by atoms with van der Waals surface area (Å²) in [6.07, 6.45) is 4.32. The van der Waals surface area contributed by atoms with Gasteiger partial charge < -0.3 is 5.32 Å². The number of carbonyl (C=O) groups excluding carboxylic acids is 1. The topological polar surface area (TPSA) is 53.5 Å². The molecule has 0 radical (unpaired) electrons. The summed E-state index contributed by atoms with van der Waals surface area (Å²) in [6, 6.07) is 9.70. The molecular formula is C18H27N3O. The summed E-state index contributed by atoms with van der Waals surface area (Å²) >= 11 is 0. The maximum absolute atomic E-state index is 11.8. The van der Waals surface area contributed by atoms with E-state index in [4.69, 9.17) is 0 Å². The van der Waals surface area contributed by atoms with E-state index in [0.717, 1.165) is 30.2 Å². The predicted molar refractivity (Wildman–Crippen MR) is 91.9 cm³/mol. The van der Waals surface area contributed by atoms with E-state index in [9.17, 15) is 4.79 Å². The minimum Gasteiger partial charge on any atom is -0.376 e. The highest BCUT2D eigenvalue weighted by Gasteiger charge is 2.28. The first-order valence-corrected chi connectivity index (χ1v) is 8.08. The Bertz CT molecular complexity index is 507. The first-order chi connectivity index (χ1) is 10.4. The molecule has 0 aromatic heterocycles. The molecule has 22 heavy (non-hydrogen) atoms. The molecule has 2 N–H and O–H groups in total. The summed E-state index contributed by atoms with van der Waals surface area (Å²) in [5, 5.41) is 7.37. The lowest BCUT2D eigenvalue weighted by molar-refractivity contribution is -0.119. The summed E-state index contributed by atoms with van der Waals surface area (Å²) in [5.74, 6) is 0.649. The Labute approximate surface area is 133 Å². The maximum atomic E-state index is 11.8. The summed E-state index contributed by atoms with van der Waals surface area (Å²) in [4.78, 5) is 11.8. The third-order valence-corrected chi connectivity index (χ3v) is 4.35. The number of nitrogens with zero attached hydrogens (tertiary/aromatic N) is 1. The second-order valence-corrected chi connectivity index (χ2v) is 7.07. The maximum Gasteiger partial charge on any atom is 0.259 e. The molecule has 0 heterocycles. The van der Waals surface area contributed by atoms with Crippen LogP contribution in [0.15, 0.2) is 35.4 Å². The number of anilines is 1. The molecule has 0 saturated heterocycles. The first-order valence-electron chi connectivity index (χ1n) is 8.08. The van der Waals surface area contributed by atoms with E-state index in [0.29, 0.717) is 5.41 Å². The molecule has 1 amide bonds. The number of hydrazone groups is 1. The number of carbonyl (C=O) groups is 1. The molecule has 0 aliphatic heterocycles. The number of rotatable bonds is 4. The Morgan fingerprint density at radius 1 is 1.18 bits per heavy atom. The summed E-state index contributed by atoms with van der Waals surface area (Å²) in [6.45, 7) is 7.15. The molecule has 1 aliphatic rings. The van der Waals surface area contributed by atoms with Crippen molar-refractivity contribution in [3.05, 3.63) is 30.3 Å². The molecule has 1 aliphatic carbocycles. The van der Waals surface area contributed by atoms with Crippen LogP contribution in [0.1, 0.15) is 46.5 Å². The molecular weight excluding hydrogens is 274 g/mol. The van der Waals surface area contributed by atoms with Crippen LogP contribution in [0.3, 0.4) is 0 Å². The third-order valence-electron chi connectivity index (χ3n) is 4.35. The fourth-order valence-corrected chi connectivity index (χ4v) is 2.85. The highest BCUT2D eigenvalue weighted by Crippen LogP contribution is 2.36. The van der Waals surface area contributed by atoms with E-state index < -0.39 is 0 Å². The molecule has 0 atom stereocenters. The number of benzene rings is 1. The lowest BCUT2D eigenvalue weighted by atomic mass is 9.72. The van der Waals surface area contributed by atoms with Gasteiger partial charge in [-0.2, -0.15) is 5.10 Å². The monoisotopic (exact) mass is 301 g/mol. The van der Waals surface area contributed by atoms with E-state index in [1.165, 1.54) is 12.8 Å². The number of hydrogen-bond acceptors (Lipinski definition) is 3. The van der Waals surface area contributed by atoms with Crippen LogP contribution in [0.2, 0.25) is 0 Å². The van der Waals surface area contributed by atoms with Gasteiger partial charge >= 0.3 is 0 Å². The zero-order valence-corrected chi connectivity index (χ0v) is 13.9. The lowest BCUT2D eigenvalue weighted by Gasteiger charge is -2.34. The number of nitrogens with one attached hydrogen (secondary N) is 2. The summed E-state index contributed by atoms with van der Waals surface area (Å²) < 4.78 is 0. The van der Waals surface area contributed by atoms with Crippen molar-refractivity contribution >= 4 is 17.3 Å². The van der Waals surface area contributed by atoms with Gasteiger partial charge in [0.1, 0.15) is 0 Å². The largest absolute Gasteiger partial charge is 0.376 e. The molecule has 1 aromatic rings. The Morgan fingerprint density at radius 2 is 1.82 bits per heavy atom. The average Bonchev–Trinajstić information content (AvgIpc) is 2.51. The molecule has 1 fully saturated rings. The van der Waals surface area contributed by atoms with Crippen LogP contribution in [-0.2, 0) is 4.79 Å². The van der Waals surface area contributed by atoms with Gasteiger partial charge in [0.15, 0.2) is 0 Å². The van der Waals surface area contributed by atoms with E-state index in [2.05, 4.69) is 36.6 Å². The second-order valence-electron chi connectivity index (χ2n) is 7.07.